The fraction of sp³-hybridized carbons (Fsp3) is 0.105. The molecule has 1 aliphatic heterocycles. The van der Waals surface area contributed by atoms with Gasteiger partial charge in [0.1, 0.15) is 11.6 Å². The summed E-state index contributed by atoms with van der Waals surface area (Å²) in [6, 6.07) is 13.0. The molecule has 0 saturated carbocycles. The molecule has 1 amide bonds. The molecule has 29 heavy (non-hydrogen) atoms. The molecule has 0 atom stereocenters. The standard InChI is InChI=1S/C19H14FN5O3S/c20-14-5-7-15(8-6-14)27-10-17-23-18(25-28-17)13-3-1-12(2-4-13)9-21-24-19-22-16(26)11-29-19/h1-9H,10-11H2,(H,22,24,26). The molecule has 4 rings (SSSR count). The molecule has 1 aliphatic rings. The lowest BCUT2D eigenvalue weighted by Crippen LogP contribution is -2.19. The van der Waals surface area contributed by atoms with Gasteiger partial charge in [-0.3, -0.25) is 4.79 Å². The fourth-order valence-electron chi connectivity index (χ4n) is 2.35. The van der Waals surface area contributed by atoms with Gasteiger partial charge in [0.2, 0.25) is 11.7 Å². The first-order chi connectivity index (χ1) is 14.2. The van der Waals surface area contributed by atoms with Gasteiger partial charge < -0.3 is 14.6 Å². The van der Waals surface area contributed by atoms with Gasteiger partial charge >= 0.3 is 0 Å². The van der Waals surface area contributed by atoms with E-state index in [-0.39, 0.29) is 18.3 Å². The molecule has 146 valence electrons. The third-order valence-electron chi connectivity index (χ3n) is 3.75. The Labute approximate surface area is 168 Å². The van der Waals surface area contributed by atoms with Crippen LogP contribution < -0.4 is 10.1 Å². The number of hydrogen-bond acceptors (Lipinski definition) is 8. The molecule has 1 aromatic heterocycles. The highest BCUT2D eigenvalue weighted by Crippen LogP contribution is 2.18. The van der Waals surface area contributed by atoms with Gasteiger partial charge in [0, 0.05) is 5.56 Å². The normalized spacial score (nSPS) is 15.2. The molecule has 3 aromatic rings. The Morgan fingerprint density at radius 2 is 2.00 bits per heavy atom. The van der Waals surface area contributed by atoms with Crippen molar-refractivity contribution in [1.29, 1.82) is 0 Å². The first-order valence-corrected chi connectivity index (χ1v) is 9.49. The number of halogens is 1. The van der Waals surface area contributed by atoms with E-state index in [2.05, 4.69) is 25.7 Å². The SMILES string of the molecule is O=C1CSC(=NN=Cc2ccc(-c3noc(COc4ccc(F)cc4)n3)cc2)N1. The number of carbonyl (C=O) groups excluding carboxylic acids is 1. The maximum absolute atomic E-state index is 12.9. The van der Waals surface area contributed by atoms with Gasteiger partial charge in [0.25, 0.3) is 5.89 Å². The first-order valence-electron chi connectivity index (χ1n) is 8.51. The Balaban J connectivity index is 1.35. The molecule has 0 unspecified atom stereocenters. The third-order valence-corrected chi connectivity index (χ3v) is 4.62. The summed E-state index contributed by atoms with van der Waals surface area (Å²) in [6.07, 6.45) is 1.58. The summed E-state index contributed by atoms with van der Waals surface area (Å²) in [7, 11) is 0. The largest absolute Gasteiger partial charge is 0.484 e. The van der Waals surface area contributed by atoms with E-state index in [1.165, 1.54) is 36.0 Å². The number of benzene rings is 2. The summed E-state index contributed by atoms with van der Waals surface area (Å²) in [4.78, 5) is 15.4. The highest BCUT2D eigenvalue weighted by Gasteiger charge is 2.16. The zero-order valence-electron chi connectivity index (χ0n) is 14.9. The summed E-state index contributed by atoms with van der Waals surface area (Å²) in [5.74, 6) is 1.20. The monoisotopic (exact) mass is 411 g/mol. The van der Waals surface area contributed by atoms with Crippen molar-refractivity contribution in [2.45, 2.75) is 6.61 Å². The van der Waals surface area contributed by atoms with Crippen LogP contribution in [0.15, 0.2) is 63.3 Å². The van der Waals surface area contributed by atoms with Gasteiger partial charge in [-0.05, 0) is 29.8 Å². The number of nitrogens with one attached hydrogen (secondary N) is 1. The van der Waals surface area contributed by atoms with Gasteiger partial charge in [0.05, 0.1) is 12.0 Å². The van der Waals surface area contributed by atoms with Crippen molar-refractivity contribution in [3.8, 4) is 17.1 Å². The molecule has 0 spiro atoms. The molecule has 1 saturated heterocycles. The average Bonchev–Trinajstić information content (AvgIpc) is 3.37. The number of nitrogens with zero attached hydrogens (tertiary/aromatic N) is 4. The van der Waals surface area contributed by atoms with Gasteiger partial charge in [-0.2, -0.15) is 10.1 Å². The van der Waals surface area contributed by atoms with Crippen molar-refractivity contribution in [2.75, 3.05) is 5.75 Å². The second kappa shape index (κ2) is 8.65. The minimum atomic E-state index is -0.331. The molecular formula is C19H14FN5O3S. The highest BCUT2D eigenvalue weighted by atomic mass is 32.2. The lowest BCUT2D eigenvalue weighted by Gasteiger charge is -2.01. The fourth-order valence-corrected chi connectivity index (χ4v) is 2.98. The van der Waals surface area contributed by atoms with Crippen molar-refractivity contribution in [3.63, 3.8) is 0 Å². The van der Waals surface area contributed by atoms with E-state index < -0.39 is 0 Å². The predicted octanol–water partition coefficient (Wildman–Crippen LogP) is 3.01. The van der Waals surface area contributed by atoms with E-state index in [4.69, 9.17) is 9.26 Å². The number of hydrogen-bond donors (Lipinski definition) is 1. The summed E-state index contributed by atoms with van der Waals surface area (Å²) in [6.45, 7) is 0.0816. The second-order valence-corrected chi connectivity index (χ2v) is 6.83. The maximum Gasteiger partial charge on any atom is 0.264 e. The van der Waals surface area contributed by atoms with E-state index in [1.807, 2.05) is 24.3 Å². The molecule has 1 N–H and O–H groups in total. The number of rotatable bonds is 6. The Hall–Kier alpha value is -3.53. The number of aromatic nitrogens is 2. The summed E-state index contributed by atoms with van der Waals surface area (Å²) < 4.78 is 23.6. The van der Waals surface area contributed by atoms with Crippen LogP contribution in [0.1, 0.15) is 11.5 Å². The number of ether oxygens (including phenoxy) is 1. The number of amides is 1. The van der Waals surface area contributed by atoms with Crippen LogP contribution in [0.25, 0.3) is 11.4 Å². The Morgan fingerprint density at radius 3 is 2.72 bits per heavy atom. The smallest absolute Gasteiger partial charge is 0.264 e. The van der Waals surface area contributed by atoms with Crippen molar-refractivity contribution in [2.24, 2.45) is 10.2 Å². The zero-order valence-corrected chi connectivity index (χ0v) is 15.7. The molecule has 0 aliphatic carbocycles. The summed E-state index contributed by atoms with van der Waals surface area (Å²) in [5, 5.41) is 14.9. The molecule has 10 heteroatoms. The molecule has 1 fully saturated rings. The Kier molecular flexibility index (Phi) is 5.61. The number of thioether (sulfide) groups is 1. The number of amidine groups is 1. The van der Waals surface area contributed by atoms with E-state index in [0.717, 1.165) is 11.1 Å². The van der Waals surface area contributed by atoms with Crippen LogP contribution in [0.3, 0.4) is 0 Å². The summed E-state index contributed by atoms with van der Waals surface area (Å²) >= 11 is 1.31. The minimum Gasteiger partial charge on any atom is -0.484 e. The minimum absolute atomic E-state index is 0.0733. The van der Waals surface area contributed by atoms with Crippen LogP contribution in [0, 0.1) is 5.82 Å². The van der Waals surface area contributed by atoms with Crippen molar-refractivity contribution < 1.29 is 18.4 Å². The third kappa shape index (κ3) is 5.05. The van der Waals surface area contributed by atoms with Crippen molar-refractivity contribution >= 4 is 29.1 Å². The van der Waals surface area contributed by atoms with E-state index in [1.54, 1.807) is 6.21 Å². The molecular weight excluding hydrogens is 397 g/mol. The van der Waals surface area contributed by atoms with Crippen molar-refractivity contribution in [3.05, 3.63) is 65.8 Å². The Morgan fingerprint density at radius 1 is 1.21 bits per heavy atom. The van der Waals surface area contributed by atoms with Crippen LogP contribution in [-0.2, 0) is 11.4 Å². The maximum atomic E-state index is 12.9. The van der Waals surface area contributed by atoms with Gasteiger partial charge in [-0.25, -0.2) is 4.39 Å². The molecule has 2 heterocycles. The van der Waals surface area contributed by atoms with E-state index >= 15 is 0 Å². The van der Waals surface area contributed by atoms with Gasteiger partial charge in [0.15, 0.2) is 11.8 Å². The first kappa shape index (κ1) is 18.8. The van der Waals surface area contributed by atoms with E-state index in [0.29, 0.717) is 28.4 Å². The quantitative estimate of drug-likeness (QED) is 0.494. The van der Waals surface area contributed by atoms with Crippen molar-refractivity contribution in [1.82, 2.24) is 15.5 Å². The van der Waals surface area contributed by atoms with Gasteiger partial charge in [-0.1, -0.05) is 41.2 Å². The molecule has 0 radical (unpaired) electrons. The van der Waals surface area contributed by atoms with Crippen LogP contribution >= 0.6 is 11.8 Å². The van der Waals surface area contributed by atoms with E-state index in [9.17, 15) is 9.18 Å². The highest BCUT2D eigenvalue weighted by molar-refractivity contribution is 8.15. The lowest BCUT2D eigenvalue weighted by atomic mass is 10.1. The second-order valence-electron chi connectivity index (χ2n) is 5.86. The van der Waals surface area contributed by atoms with Gasteiger partial charge in [-0.15, -0.1) is 5.10 Å². The topological polar surface area (TPSA) is 102 Å². The van der Waals surface area contributed by atoms with Crippen LogP contribution in [-0.4, -0.2) is 33.2 Å². The predicted molar refractivity (Wildman–Crippen MR) is 106 cm³/mol. The van der Waals surface area contributed by atoms with Crippen LogP contribution in [0.2, 0.25) is 0 Å². The lowest BCUT2D eigenvalue weighted by molar-refractivity contribution is -0.116. The molecule has 0 bridgehead atoms. The zero-order chi connectivity index (χ0) is 20.1. The van der Waals surface area contributed by atoms with Crippen LogP contribution in [0.5, 0.6) is 5.75 Å². The molecule has 2 aromatic carbocycles. The summed E-state index contributed by atoms with van der Waals surface area (Å²) in [5.41, 5.74) is 1.60. The Bertz CT molecular complexity index is 1060. The molecule has 8 nitrogen and oxygen atoms in total. The average molecular weight is 411 g/mol. The van der Waals surface area contributed by atoms with Crippen LogP contribution in [0.4, 0.5) is 4.39 Å². The number of carbonyl (C=O) groups is 1.